The number of fused-ring (bicyclic) bond motifs is 1. The molecule has 0 bridgehead atoms. The average molecular weight is 464 g/mol. The Hall–Kier alpha value is -5.32. The van der Waals surface area contributed by atoms with Gasteiger partial charge in [-0.15, -0.1) is 0 Å². The van der Waals surface area contributed by atoms with Gasteiger partial charge in [0.05, 0.1) is 0 Å². The predicted octanol–water partition coefficient (Wildman–Crippen LogP) is 7.95. The van der Waals surface area contributed by atoms with Crippen LogP contribution in [0.2, 0.25) is 0 Å². The van der Waals surface area contributed by atoms with Crippen LogP contribution in [-0.2, 0) is 0 Å². The van der Waals surface area contributed by atoms with Crippen molar-refractivity contribution in [1.29, 1.82) is 10.5 Å². The maximum absolute atomic E-state index is 9.41. The van der Waals surface area contributed by atoms with E-state index in [0.29, 0.717) is 17.1 Å². The van der Waals surface area contributed by atoms with E-state index >= 15 is 0 Å². The summed E-state index contributed by atoms with van der Waals surface area (Å²) in [6, 6.07) is 40.2. The lowest BCUT2D eigenvalue weighted by Gasteiger charge is -2.25. The number of allylic oxidation sites excluding steroid dienone is 4. The molecule has 5 rings (SSSR count). The first kappa shape index (κ1) is 22.5. The van der Waals surface area contributed by atoms with Gasteiger partial charge in [-0.25, -0.2) is 0 Å². The van der Waals surface area contributed by atoms with E-state index in [1.165, 1.54) is 0 Å². The first-order valence-electron chi connectivity index (χ1n) is 11.5. The quantitative estimate of drug-likeness (QED) is 0.282. The summed E-state index contributed by atoms with van der Waals surface area (Å²) in [4.78, 5) is 2.21. The lowest BCUT2D eigenvalue weighted by atomic mass is 9.97. The molecule has 0 amide bonds. The largest absolute Gasteiger partial charge is 0.457 e. The van der Waals surface area contributed by atoms with Crippen molar-refractivity contribution in [2.45, 2.75) is 0 Å². The molecular weight excluding hydrogens is 442 g/mol. The van der Waals surface area contributed by atoms with Gasteiger partial charge in [-0.05, 0) is 60.2 Å². The Labute approximate surface area is 210 Å². The number of nitrogens with zero attached hydrogens (tertiary/aromatic N) is 3. The van der Waals surface area contributed by atoms with Gasteiger partial charge in [0, 0.05) is 28.2 Å². The number of hydrogen-bond acceptors (Lipinski definition) is 4. The van der Waals surface area contributed by atoms with Crippen molar-refractivity contribution >= 4 is 28.7 Å². The topological polar surface area (TPSA) is 60.0 Å². The lowest BCUT2D eigenvalue weighted by molar-refractivity contribution is 0.439. The molecule has 0 spiro atoms. The van der Waals surface area contributed by atoms with E-state index in [9.17, 15) is 10.5 Å². The zero-order valence-corrected chi connectivity index (χ0v) is 19.4. The molecule has 1 heterocycles. The summed E-state index contributed by atoms with van der Waals surface area (Å²) in [5.41, 5.74) is 5.56. The van der Waals surface area contributed by atoms with Gasteiger partial charge in [0.2, 0.25) is 0 Å². The van der Waals surface area contributed by atoms with Gasteiger partial charge in [0.1, 0.15) is 29.2 Å². The molecule has 4 aromatic rings. The molecule has 0 saturated heterocycles. The highest BCUT2D eigenvalue weighted by Crippen LogP contribution is 2.36. The van der Waals surface area contributed by atoms with Crippen molar-refractivity contribution in [3.63, 3.8) is 0 Å². The molecule has 1 aliphatic rings. The van der Waals surface area contributed by atoms with Gasteiger partial charge in [0.15, 0.2) is 0 Å². The average Bonchev–Trinajstić information content (AvgIpc) is 2.94. The third-order valence-electron chi connectivity index (χ3n) is 5.80. The fraction of sp³-hybridized carbons (Fsp3) is 0. The highest BCUT2D eigenvalue weighted by molar-refractivity contribution is 5.87. The molecule has 0 aromatic heterocycles. The molecule has 1 aliphatic heterocycles. The Bertz CT molecular complexity index is 1500. The van der Waals surface area contributed by atoms with E-state index in [-0.39, 0.29) is 5.57 Å². The molecular formula is C32H21N3O. The fourth-order valence-corrected chi connectivity index (χ4v) is 4.10. The number of para-hydroxylation sites is 3. The number of anilines is 3. The Balaban J connectivity index is 1.44. The molecule has 0 aliphatic carbocycles. The molecule has 4 nitrogen and oxygen atoms in total. The summed E-state index contributed by atoms with van der Waals surface area (Å²) in [5, 5.41) is 18.8. The SMILES string of the molecule is N#CC(C#N)=C1C=C(/C=C/c2ccc(N(c3ccccc3)c3ccccc3)cc2)Oc2ccccc21. The van der Waals surface area contributed by atoms with Crippen molar-refractivity contribution in [3.05, 3.63) is 144 Å². The van der Waals surface area contributed by atoms with Gasteiger partial charge in [0.25, 0.3) is 0 Å². The summed E-state index contributed by atoms with van der Waals surface area (Å²) in [5.74, 6) is 1.18. The minimum Gasteiger partial charge on any atom is -0.457 e. The van der Waals surface area contributed by atoms with Crippen molar-refractivity contribution in [2.75, 3.05) is 4.90 Å². The zero-order valence-electron chi connectivity index (χ0n) is 19.4. The van der Waals surface area contributed by atoms with Crippen LogP contribution in [0.5, 0.6) is 5.75 Å². The van der Waals surface area contributed by atoms with E-state index in [0.717, 1.165) is 28.2 Å². The summed E-state index contributed by atoms with van der Waals surface area (Å²) in [6.45, 7) is 0. The number of hydrogen-bond donors (Lipinski definition) is 0. The first-order chi connectivity index (χ1) is 17.8. The van der Waals surface area contributed by atoms with E-state index in [1.807, 2.05) is 85.0 Å². The summed E-state index contributed by atoms with van der Waals surface area (Å²) < 4.78 is 6.01. The molecule has 4 heteroatoms. The van der Waals surface area contributed by atoms with Crippen LogP contribution in [0.15, 0.2) is 133 Å². The van der Waals surface area contributed by atoms with Crippen LogP contribution >= 0.6 is 0 Å². The second-order valence-electron chi connectivity index (χ2n) is 8.09. The second kappa shape index (κ2) is 10.3. The van der Waals surface area contributed by atoms with Crippen LogP contribution in [-0.4, -0.2) is 0 Å². The van der Waals surface area contributed by atoms with E-state index < -0.39 is 0 Å². The van der Waals surface area contributed by atoms with Gasteiger partial charge < -0.3 is 9.64 Å². The van der Waals surface area contributed by atoms with Crippen LogP contribution in [0.25, 0.3) is 11.6 Å². The van der Waals surface area contributed by atoms with Crippen LogP contribution < -0.4 is 9.64 Å². The molecule has 170 valence electrons. The molecule has 0 unspecified atom stereocenters. The standard InChI is InChI=1S/C32H21N3O/c33-22-25(23-34)31-21-29(36-32-14-8-7-13-30(31)32)20-17-24-15-18-28(19-16-24)35(26-9-3-1-4-10-26)27-11-5-2-6-12-27/h1-21H/b20-17+. The Morgan fingerprint density at radius 2 is 1.19 bits per heavy atom. The molecule has 0 radical (unpaired) electrons. The van der Waals surface area contributed by atoms with Crippen molar-refractivity contribution in [3.8, 4) is 17.9 Å². The van der Waals surface area contributed by atoms with Crippen LogP contribution in [0, 0.1) is 22.7 Å². The highest BCUT2D eigenvalue weighted by Gasteiger charge is 2.18. The molecule has 0 fully saturated rings. The predicted molar refractivity (Wildman–Crippen MR) is 143 cm³/mol. The first-order valence-corrected chi connectivity index (χ1v) is 11.5. The molecule has 36 heavy (non-hydrogen) atoms. The Morgan fingerprint density at radius 1 is 0.639 bits per heavy atom. The summed E-state index contributed by atoms with van der Waals surface area (Å²) in [6.07, 6.45) is 5.54. The third-order valence-corrected chi connectivity index (χ3v) is 5.80. The van der Waals surface area contributed by atoms with Gasteiger partial charge in [-0.2, -0.15) is 10.5 Å². The van der Waals surface area contributed by atoms with Crippen molar-refractivity contribution < 1.29 is 4.74 Å². The van der Waals surface area contributed by atoms with Crippen LogP contribution in [0.1, 0.15) is 11.1 Å². The maximum Gasteiger partial charge on any atom is 0.137 e. The number of ether oxygens (including phenoxy) is 1. The number of nitriles is 2. The van der Waals surface area contributed by atoms with E-state index in [4.69, 9.17) is 4.74 Å². The summed E-state index contributed by atoms with van der Waals surface area (Å²) in [7, 11) is 0. The Morgan fingerprint density at radius 3 is 1.81 bits per heavy atom. The number of benzene rings is 4. The normalized spacial score (nSPS) is 12.1. The van der Waals surface area contributed by atoms with Crippen molar-refractivity contribution in [2.24, 2.45) is 0 Å². The Kier molecular flexibility index (Phi) is 6.43. The minimum absolute atomic E-state index is 0.0583. The number of rotatable bonds is 5. The maximum atomic E-state index is 9.41. The molecule has 0 atom stereocenters. The van der Waals surface area contributed by atoms with E-state index in [2.05, 4.69) is 53.4 Å². The van der Waals surface area contributed by atoms with Gasteiger partial charge >= 0.3 is 0 Å². The monoisotopic (exact) mass is 463 g/mol. The van der Waals surface area contributed by atoms with Gasteiger partial charge in [-0.3, -0.25) is 0 Å². The molecule has 4 aromatic carbocycles. The fourth-order valence-electron chi connectivity index (χ4n) is 4.10. The second-order valence-corrected chi connectivity index (χ2v) is 8.09. The van der Waals surface area contributed by atoms with Crippen molar-refractivity contribution in [1.82, 2.24) is 0 Å². The smallest absolute Gasteiger partial charge is 0.137 e. The zero-order chi connectivity index (χ0) is 24.7. The lowest BCUT2D eigenvalue weighted by Crippen LogP contribution is -2.09. The van der Waals surface area contributed by atoms with E-state index in [1.54, 1.807) is 6.08 Å². The van der Waals surface area contributed by atoms with Crippen LogP contribution in [0.4, 0.5) is 17.1 Å². The summed E-state index contributed by atoms with van der Waals surface area (Å²) >= 11 is 0. The van der Waals surface area contributed by atoms with Crippen LogP contribution in [0.3, 0.4) is 0 Å². The minimum atomic E-state index is 0.0583. The highest BCUT2D eigenvalue weighted by atomic mass is 16.5. The third kappa shape index (κ3) is 4.66. The van der Waals surface area contributed by atoms with Gasteiger partial charge in [-0.1, -0.05) is 72.8 Å². The molecule has 0 saturated carbocycles. The molecule has 0 N–H and O–H groups in total.